The lowest BCUT2D eigenvalue weighted by Crippen LogP contribution is -2.49. The lowest BCUT2D eigenvalue weighted by molar-refractivity contribution is -0.136. The second-order valence-corrected chi connectivity index (χ2v) is 7.22. The van der Waals surface area contributed by atoms with Crippen LogP contribution in [0.2, 0.25) is 0 Å². The Kier molecular flexibility index (Phi) is 6.51. The highest BCUT2D eigenvalue weighted by molar-refractivity contribution is 7.85. The highest BCUT2D eigenvalue weighted by atomic mass is 32.2. The standard InChI is InChI=1S/C16H22N2O6S/c1-2-6-17-7-9-18(10-8-17)15(19)12-24-16(20)13-4-3-5-14(11-13)25(21,22)23/h3-5,11H,2,6-10,12H2,1H3,(H,21,22,23). The Bertz CT molecular complexity index is 726. The average molecular weight is 370 g/mol. The number of hydrogen-bond acceptors (Lipinski definition) is 6. The lowest BCUT2D eigenvalue weighted by Gasteiger charge is -2.34. The molecule has 1 saturated heterocycles. The Morgan fingerprint density at radius 2 is 1.88 bits per heavy atom. The van der Waals surface area contributed by atoms with Crippen LogP contribution in [0.4, 0.5) is 0 Å². The minimum absolute atomic E-state index is 0.0457. The predicted molar refractivity (Wildman–Crippen MR) is 89.9 cm³/mol. The van der Waals surface area contributed by atoms with E-state index in [9.17, 15) is 18.0 Å². The molecule has 2 rings (SSSR count). The zero-order valence-electron chi connectivity index (χ0n) is 14.1. The van der Waals surface area contributed by atoms with Gasteiger partial charge in [-0.15, -0.1) is 0 Å². The molecular weight excluding hydrogens is 348 g/mol. The van der Waals surface area contributed by atoms with E-state index >= 15 is 0 Å². The first-order valence-electron chi connectivity index (χ1n) is 8.06. The maximum absolute atomic E-state index is 12.1. The molecule has 1 aromatic carbocycles. The largest absolute Gasteiger partial charge is 0.452 e. The Morgan fingerprint density at radius 3 is 2.48 bits per heavy atom. The maximum atomic E-state index is 12.1. The fraction of sp³-hybridized carbons (Fsp3) is 0.500. The molecule has 0 aliphatic carbocycles. The van der Waals surface area contributed by atoms with E-state index < -0.39 is 27.6 Å². The van der Waals surface area contributed by atoms with Gasteiger partial charge in [0.15, 0.2) is 6.61 Å². The number of nitrogens with zero attached hydrogens (tertiary/aromatic N) is 2. The van der Waals surface area contributed by atoms with Gasteiger partial charge in [0.25, 0.3) is 16.0 Å². The van der Waals surface area contributed by atoms with Crippen LogP contribution in [0.15, 0.2) is 29.2 Å². The van der Waals surface area contributed by atoms with Gasteiger partial charge in [-0.1, -0.05) is 13.0 Å². The number of ether oxygens (including phenoxy) is 1. The molecule has 1 heterocycles. The first-order valence-corrected chi connectivity index (χ1v) is 9.50. The quantitative estimate of drug-likeness (QED) is 0.579. The Labute approximate surface area is 147 Å². The summed E-state index contributed by atoms with van der Waals surface area (Å²) < 4.78 is 36.1. The summed E-state index contributed by atoms with van der Waals surface area (Å²) in [6.07, 6.45) is 1.06. The number of esters is 1. The Morgan fingerprint density at radius 1 is 1.20 bits per heavy atom. The monoisotopic (exact) mass is 370 g/mol. The first kappa shape index (κ1) is 19.4. The molecule has 1 aromatic rings. The van der Waals surface area contributed by atoms with Gasteiger partial charge in [-0.05, 0) is 31.2 Å². The molecule has 0 radical (unpaired) electrons. The molecule has 25 heavy (non-hydrogen) atoms. The van der Waals surface area contributed by atoms with Gasteiger partial charge >= 0.3 is 5.97 Å². The second-order valence-electron chi connectivity index (χ2n) is 5.80. The molecule has 9 heteroatoms. The number of carbonyl (C=O) groups excluding carboxylic acids is 2. The van der Waals surface area contributed by atoms with E-state index in [1.54, 1.807) is 4.90 Å². The van der Waals surface area contributed by atoms with E-state index in [-0.39, 0.29) is 11.5 Å². The third kappa shape index (κ3) is 5.52. The molecule has 0 bridgehead atoms. The van der Waals surface area contributed by atoms with Crippen molar-refractivity contribution in [2.75, 3.05) is 39.3 Å². The van der Waals surface area contributed by atoms with E-state index in [4.69, 9.17) is 9.29 Å². The lowest BCUT2D eigenvalue weighted by atomic mass is 10.2. The van der Waals surface area contributed by atoms with Crippen molar-refractivity contribution < 1.29 is 27.3 Å². The zero-order chi connectivity index (χ0) is 18.4. The summed E-state index contributed by atoms with van der Waals surface area (Å²) in [5, 5.41) is 0. The van der Waals surface area contributed by atoms with E-state index in [0.717, 1.165) is 38.2 Å². The number of hydrogen-bond donors (Lipinski definition) is 1. The minimum Gasteiger partial charge on any atom is -0.452 e. The van der Waals surface area contributed by atoms with Crippen molar-refractivity contribution in [2.45, 2.75) is 18.2 Å². The number of piperazine rings is 1. The highest BCUT2D eigenvalue weighted by Crippen LogP contribution is 2.12. The average Bonchev–Trinajstić information content (AvgIpc) is 2.59. The molecular formula is C16H22N2O6S. The van der Waals surface area contributed by atoms with Gasteiger partial charge in [0.2, 0.25) is 0 Å². The van der Waals surface area contributed by atoms with Crippen LogP contribution in [0, 0.1) is 0 Å². The van der Waals surface area contributed by atoms with Crippen molar-refractivity contribution in [1.29, 1.82) is 0 Å². The molecule has 8 nitrogen and oxygen atoms in total. The zero-order valence-corrected chi connectivity index (χ0v) is 14.9. The van der Waals surface area contributed by atoms with Gasteiger partial charge in [0.05, 0.1) is 10.5 Å². The number of rotatable bonds is 6. The third-order valence-electron chi connectivity index (χ3n) is 3.96. The molecule has 0 saturated carbocycles. The molecule has 0 unspecified atom stereocenters. The fourth-order valence-electron chi connectivity index (χ4n) is 2.62. The van der Waals surface area contributed by atoms with Crippen LogP contribution >= 0.6 is 0 Å². The van der Waals surface area contributed by atoms with Crippen molar-refractivity contribution in [1.82, 2.24) is 9.80 Å². The van der Waals surface area contributed by atoms with E-state index in [1.807, 2.05) is 0 Å². The highest BCUT2D eigenvalue weighted by Gasteiger charge is 2.22. The topological polar surface area (TPSA) is 104 Å². The van der Waals surface area contributed by atoms with Gasteiger partial charge in [0, 0.05) is 26.2 Å². The maximum Gasteiger partial charge on any atom is 0.338 e. The van der Waals surface area contributed by atoms with Crippen LogP contribution in [0.25, 0.3) is 0 Å². The molecule has 1 amide bonds. The summed E-state index contributed by atoms with van der Waals surface area (Å²) in [5.41, 5.74) is -0.0457. The van der Waals surface area contributed by atoms with Crippen LogP contribution in [0.3, 0.4) is 0 Å². The van der Waals surface area contributed by atoms with E-state index in [2.05, 4.69) is 11.8 Å². The molecule has 1 N–H and O–H groups in total. The smallest absolute Gasteiger partial charge is 0.338 e. The third-order valence-corrected chi connectivity index (χ3v) is 4.81. The summed E-state index contributed by atoms with van der Waals surface area (Å²) in [6, 6.07) is 4.83. The predicted octanol–water partition coefficient (Wildman–Crippen LogP) is 0.644. The fourth-order valence-corrected chi connectivity index (χ4v) is 3.15. The molecule has 1 aliphatic rings. The normalized spacial score (nSPS) is 15.8. The van der Waals surface area contributed by atoms with E-state index in [0.29, 0.717) is 13.1 Å². The van der Waals surface area contributed by atoms with Crippen LogP contribution in [0.5, 0.6) is 0 Å². The van der Waals surface area contributed by atoms with Crippen molar-refractivity contribution in [2.24, 2.45) is 0 Å². The summed E-state index contributed by atoms with van der Waals surface area (Å²) in [4.78, 5) is 27.6. The van der Waals surface area contributed by atoms with Crippen LogP contribution in [-0.4, -0.2) is 74.0 Å². The van der Waals surface area contributed by atoms with Crippen molar-refractivity contribution >= 4 is 22.0 Å². The molecule has 1 aliphatic heterocycles. The van der Waals surface area contributed by atoms with E-state index in [1.165, 1.54) is 12.1 Å². The van der Waals surface area contributed by atoms with Crippen LogP contribution in [0.1, 0.15) is 23.7 Å². The van der Waals surface area contributed by atoms with Gasteiger partial charge < -0.3 is 9.64 Å². The van der Waals surface area contributed by atoms with Crippen molar-refractivity contribution in [3.63, 3.8) is 0 Å². The summed E-state index contributed by atoms with van der Waals surface area (Å²) in [7, 11) is -4.40. The summed E-state index contributed by atoms with van der Waals surface area (Å²) >= 11 is 0. The molecule has 1 fully saturated rings. The number of amides is 1. The van der Waals surface area contributed by atoms with Crippen molar-refractivity contribution in [3.05, 3.63) is 29.8 Å². The molecule has 0 atom stereocenters. The first-order chi connectivity index (χ1) is 11.8. The van der Waals surface area contributed by atoms with Gasteiger partial charge in [-0.2, -0.15) is 8.42 Å². The minimum atomic E-state index is -4.40. The van der Waals surface area contributed by atoms with Crippen LogP contribution < -0.4 is 0 Å². The number of benzene rings is 1. The molecule has 0 aromatic heterocycles. The second kappa shape index (κ2) is 8.41. The van der Waals surface area contributed by atoms with Gasteiger partial charge in [0.1, 0.15) is 0 Å². The summed E-state index contributed by atoms with van der Waals surface area (Å²) in [6.45, 7) is 5.48. The Balaban J connectivity index is 1.87. The molecule has 0 spiro atoms. The van der Waals surface area contributed by atoms with Crippen LogP contribution in [-0.2, 0) is 19.6 Å². The summed E-state index contributed by atoms with van der Waals surface area (Å²) in [5.74, 6) is -1.10. The van der Waals surface area contributed by atoms with Crippen molar-refractivity contribution in [3.8, 4) is 0 Å². The Hall–Kier alpha value is -1.97. The van der Waals surface area contributed by atoms with Gasteiger partial charge in [-0.25, -0.2) is 4.79 Å². The SMILES string of the molecule is CCCN1CCN(C(=O)COC(=O)c2cccc(S(=O)(=O)O)c2)CC1. The molecule has 138 valence electrons. The van der Waals surface area contributed by atoms with Gasteiger partial charge in [-0.3, -0.25) is 14.2 Å². The number of carbonyl (C=O) groups is 2.